The molecular formula is C26H28N2+2. The third kappa shape index (κ3) is 2.82. The van der Waals surface area contributed by atoms with Gasteiger partial charge in [0, 0.05) is 34.4 Å². The van der Waals surface area contributed by atoms with Crippen molar-refractivity contribution >= 4 is 28.8 Å². The molecule has 1 aliphatic rings. The Morgan fingerprint density at radius 2 is 0.964 bits per heavy atom. The third-order valence-corrected chi connectivity index (χ3v) is 5.79. The van der Waals surface area contributed by atoms with Gasteiger partial charge in [-0.15, -0.1) is 0 Å². The molecule has 0 atom stereocenters. The third-order valence-electron chi connectivity index (χ3n) is 5.79. The molecule has 0 N–H and O–H groups in total. The number of hydrogen-bond donors (Lipinski definition) is 0. The van der Waals surface area contributed by atoms with E-state index in [0.29, 0.717) is 0 Å². The summed E-state index contributed by atoms with van der Waals surface area (Å²) in [5, 5.41) is 0. The molecule has 4 rings (SSSR count). The highest BCUT2D eigenvalue weighted by Gasteiger charge is 2.39. The molecule has 0 aromatic heterocycles. The maximum atomic E-state index is 3.69. The molecule has 0 amide bonds. The van der Waals surface area contributed by atoms with Crippen LogP contribution in [0.5, 0.6) is 0 Å². The minimum atomic E-state index is 1.19. The molecule has 2 nitrogen and oxygen atoms in total. The summed E-state index contributed by atoms with van der Waals surface area (Å²) in [6.07, 6.45) is 0. The Bertz CT molecular complexity index is 1160. The molecule has 2 heteroatoms. The zero-order valence-electron chi connectivity index (χ0n) is 17.9. The molecule has 0 aliphatic carbocycles. The number of fused-ring (bicyclic) bond motifs is 1. The second-order valence-electron chi connectivity index (χ2n) is 8.18. The fourth-order valence-corrected chi connectivity index (χ4v) is 4.38. The molecule has 0 spiro atoms. The van der Waals surface area contributed by atoms with Crippen LogP contribution in [0.3, 0.4) is 0 Å². The molecule has 140 valence electrons. The Kier molecular flexibility index (Phi) is 4.33. The number of nitrogens with zero attached hydrogens (tertiary/aromatic N) is 2. The Morgan fingerprint density at radius 3 is 1.43 bits per heavy atom. The molecule has 1 heterocycles. The highest BCUT2D eigenvalue weighted by atomic mass is 15.2. The summed E-state index contributed by atoms with van der Waals surface area (Å²) in [7, 11) is 0. The highest BCUT2D eigenvalue weighted by molar-refractivity contribution is 5.87. The lowest BCUT2D eigenvalue weighted by atomic mass is 10.0. The Labute approximate surface area is 168 Å². The summed E-state index contributed by atoms with van der Waals surface area (Å²) < 4.78 is 4.49. The van der Waals surface area contributed by atoms with Crippen LogP contribution in [-0.4, -0.2) is 6.01 Å². The first-order valence-electron chi connectivity index (χ1n) is 9.90. The Balaban J connectivity index is 2.11. The van der Waals surface area contributed by atoms with Crippen molar-refractivity contribution in [2.24, 2.45) is 0 Å². The van der Waals surface area contributed by atoms with E-state index in [0.717, 1.165) is 0 Å². The Hall–Kier alpha value is -2.96. The largest absolute Gasteiger partial charge is 0.503 e. The van der Waals surface area contributed by atoms with Crippen molar-refractivity contribution in [2.75, 3.05) is 0 Å². The monoisotopic (exact) mass is 368 g/mol. The van der Waals surface area contributed by atoms with Crippen molar-refractivity contribution in [3.05, 3.63) is 81.4 Å². The van der Waals surface area contributed by atoms with Gasteiger partial charge in [0.25, 0.3) is 11.4 Å². The number of para-hydroxylation sites is 1. The van der Waals surface area contributed by atoms with Crippen molar-refractivity contribution in [2.45, 2.75) is 48.5 Å². The minimum absolute atomic E-state index is 1.19. The van der Waals surface area contributed by atoms with E-state index >= 15 is 0 Å². The van der Waals surface area contributed by atoms with Gasteiger partial charge >= 0.3 is 6.01 Å². The lowest BCUT2D eigenvalue weighted by molar-refractivity contribution is 1.06. The quantitative estimate of drug-likeness (QED) is 0.347. The average molecular weight is 369 g/mol. The van der Waals surface area contributed by atoms with Crippen molar-refractivity contribution in [3.8, 4) is 0 Å². The maximum absolute atomic E-state index is 3.69. The van der Waals surface area contributed by atoms with Crippen LogP contribution >= 0.6 is 0 Å². The molecule has 0 unspecified atom stereocenters. The molecule has 0 bridgehead atoms. The van der Waals surface area contributed by atoms with Crippen LogP contribution in [0.2, 0.25) is 0 Å². The predicted molar refractivity (Wildman–Crippen MR) is 120 cm³/mol. The molecule has 3 aromatic rings. The first-order chi connectivity index (χ1) is 13.3. The van der Waals surface area contributed by atoms with Gasteiger partial charge in [0.1, 0.15) is 0 Å². The van der Waals surface area contributed by atoms with E-state index in [-0.39, 0.29) is 0 Å². The molecule has 0 fully saturated rings. The van der Waals surface area contributed by atoms with Gasteiger partial charge in [-0.3, -0.25) is 0 Å². The van der Waals surface area contributed by atoms with Crippen LogP contribution in [0.15, 0.2) is 42.5 Å². The van der Waals surface area contributed by atoms with Crippen LogP contribution < -0.4 is 9.15 Å². The summed E-state index contributed by atoms with van der Waals surface area (Å²) in [5.41, 5.74) is 13.8. The summed E-state index contributed by atoms with van der Waals surface area (Å²) in [6.45, 7) is 15.3. The second kappa shape index (κ2) is 6.58. The number of rotatable bonds is 2. The molecular weight excluding hydrogens is 340 g/mol. The summed E-state index contributed by atoms with van der Waals surface area (Å²) >= 11 is 0. The minimum Gasteiger partial charge on any atom is -0.0612 e. The summed E-state index contributed by atoms with van der Waals surface area (Å²) in [4.78, 5) is 0. The van der Waals surface area contributed by atoms with E-state index in [9.17, 15) is 0 Å². The van der Waals surface area contributed by atoms with Gasteiger partial charge in [0.15, 0.2) is 0 Å². The van der Waals surface area contributed by atoms with Gasteiger partial charge in [-0.1, -0.05) is 23.8 Å². The zero-order chi connectivity index (χ0) is 20.2. The summed E-state index contributed by atoms with van der Waals surface area (Å²) in [5.74, 6) is 0. The van der Waals surface area contributed by atoms with E-state index in [1.165, 1.54) is 61.7 Å². The fourth-order valence-electron chi connectivity index (χ4n) is 4.38. The van der Waals surface area contributed by atoms with Crippen molar-refractivity contribution in [3.63, 3.8) is 0 Å². The smallest absolute Gasteiger partial charge is 0.0612 e. The van der Waals surface area contributed by atoms with Gasteiger partial charge in [-0.2, -0.15) is 0 Å². The van der Waals surface area contributed by atoms with E-state index < -0.39 is 0 Å². The van der Waals surface area contributed by atoms with Crippen molar-refractivity contribution < 1.29 is 0 Å². The average Bonchev–Trinajstić information content (AvgIpc) is 2.92. The first-order valence-corrected chi connectivity index (χ1v) is 9.90. The number of benzene rings is 3. The first kappa shape index (κ1) is 18.4. The molecule has 3 aromatic carbocycles. The number of hydrogen-bond acceptors (Lipinski definition) is 0. The van der Waals surface area contributed by atoms with Crippen molar-refractivity contribution in [1.82, 2.24) is 9.15 Å². The van der Waals surface area contributed by atoms with E-state index in [2.05, 4.69) is 106 Å². The molecule has 0 saturated heterocycles. The van der Waals surface area contributed by atoms with E-state index in [1.807, 2.05) is 0 Å². The lowest BCUT2D eigenvalue weighted by Gasteiger charge is -2.06. The van der Waals surface area contributed by atoms with Gasteiger partial charge in [-0.25, -0.2) is 0 Å². The van der Waals surface area contributed by atoms with Gasteiger partial charge in [-0.05, 0) is 80.9 Å². The van der Waals surface area contributed by atoms with Crippen LogP contribution in [0.1, 0.15) is 38.9 Å². The van der Waals surface area contributed by atoms with Crippen LogP contribution in [0.4, 0.5) is 22.7 Å². The van der Waals surface area contributed by atoms with Crippen LogP contribution in [0.25, 0.3) is 0 Å². The summed E-state index contributed by atoms with van der Waals surface area (Å²) in [6, 6.07) is 19.3. The van der Waals surface area contributed by atoms with Gasteiger partial charge < -0.3 is 0 Å². The fraction of sp³-hybridized carbons (Fsp3) is 0.269. The number of aryl methyl sites for hydroxylation is 7. The molecule has 28 heavy (non-hydrogen) atoms. The maximum Gasteiger partial charge on any atom is 0.503 e. The standard InChI is InChI=1S/C26H28N2/c1-16-11-21(6)26(22(7)12-16)28-15-27(25-17(2)9-8-10-18(25)3)23-13-19(4)20(5)14-24(23)28/h8-14H,1-7H3/q+2. The topological polar surface area (TPSA) is 6.02 Å². The second-order valence-corrected chi connectivity index (χ2v) is 8.18. The molecule has 1 aliphatic heterocycles. The molecule has 0 radical (unpaired) electrons. The normalized spacial score (nSPS) is 12.7. The van der Waals surface area contributed by atoms with Crippen LogP contribution in [-0.2, 0) is 0 Å². The van der Waals surface area contributed by atoms with Crippen LogP contribution in [0, 0.1) is 48.5 Å². The SMILES string of the molecule is Cc1cc(C)c([N+]2=C=[N+](c3c(C)cccc3C)c3cc(C)c(C)cc32)c(C)c1. The highest BCUT2D eigenvalue weighted by Crippen LogP contribution is 2.41. The van der Waals surface area contributed by atoms with E-state index in [4.69, 9.17) is 0 Å². The molecule has 0 saturated carbocycles. The van der Waals surface area contributed by atoms with Crippen molar-refractivity contribution in [1.29, 1.82) is 0 Å². The Morgan fingerprint density at radius 1 is 0.536 bits per heavy atom. The lowest BCUT2D eigenvalue weighted by Crippen LogP contribution is -2.05. The van der Waals surface area contributed by atoms with Gasteiger partial charge in [0.05, 0.1) is 0 Å². The predicted octanol–water partition coefficient (Wildman–Crippen LogP) is 6.70. The van der Waals surface area contributed by atoms with E-state index in [1.54, 1.807) is 0 Å². The van der Waals surface area contributed by atoms with Gasteiger partial charge in [0.2, 0.25) is 11.4 Å². The zero-order valence-corrected chi connectivity index (χ0v) is 17.9.